The largest absolute Gasteiger partial charge is 0.336 e. The fourth-order valence-electron chi connectivity index (χ4n) is 3.58. The highest BCUT2D eigenvalue weighted by Gasteiger charge is 2.22. The van der Waals surface area contributed by atoms with Gasteiger partial charge < -0.3 is 4.90 Å². The van der Waals surface area contributed by atoms with Crippen molar-refractivity contribution >= 4 is 40.9 Å². The molecule has 6 heteroatoms. The molecular weight excluding hydrogens is 447 g/mol. The molecule has 0 aliphatic carbocycles. The molecule has 0 N–H and O–H groups in total. The van der Waals surface area contributed by atoms with Crippen molar-refractivity contribution in [1.29, 1.82) is 0 Å². The standard InChI is InChI=1S/C25H24Cl2N2OS/c26-22-7-3-19(4-8-22)17-28-13-15-29(16-14-28)25(30)21-5-1-20(2-6-21)18-31-24-11-9-23(27)10-12-24/h1-12H,13-18H2. The van der Waals surface area contributed by atoms with Crippen LogP contribution in [0.2, 0.25) is 10.0 Å². The minimum atomic E-state index is 0.114. The minimum Gasteiger partial charge on any atom is -0.336 e. The molecule has 0 spiro atoms. The quantitative estimate of drug-likeness (QED) is 0.398. The van der Waals surface area contributed by atoms with Gasteiger partial charge in [0.25, 0.3) is 5.91 Å². The van der Waals surface area contributed by atoms with Crippen LogP contribution in [0.1, 0.15) is 21.5 Å². The third-order valence-corrected chi connectivity index (χ3v) is 6.99. The Morgan fingerprint density at radius 1 is 0.742 bits per heavy atom. The molecule has 160 valence electrons. The topological polar surface area (TPSA) is 23.6 Å². The van der Waals surface area contributed by atoms with Gasteiger partial charge in [-0.2, -0.15) is 0 Å². The zero-order valence-corrected chi connectivity index (χ0v) is 19.5. The summed E-state index contributed by atoms with van der Waals surface area (Å²) in [6.07, 6.45) is 0. The van der Waals surface area contributed by atoms with Crippen molar-refractivity contribution in [2.24, 2.45) is 0 Å². The van der Waals surface area contributed by atoms with Gasteiger partial charge in [0.2, 0.25) is 0 Å². The Morgan fingerprint density at radius 2 is 1.29 bits per heavy atom. The third kappa shape index (κ3) is 6.27. The van der Waals surface area contributed by atoms with Crippen molar-refractivity contribution in [1.82, 2.24) is 9.80 Å². The predicted molar refractivity (Wildman–Crippen MR) is 130 cm³/mol. The van der Waals surface area contributed by atoms with Crippen LogP contribution >= 0.6 is 35.0 Å². The lowest BCUT2D eigenvalue weighted by Gasteiger charge is -2.34. The van der Waals surface area contributed by atoms with Crippen molar-refractivity contribution < 1.29 is 4.79 Å². The zero-order chi connectivity index (χ0) is 21.6. The second kappa shape index (κ2) is 10.6. The molecule has 1 saturated heterocycles. The summed E-state index contributed by atoms with van der Waals surface area (Å²) >= 11 is 13.7. The number of amides is 1. The average molecular weight is 471 g/mol. The first-order valence-electron chi connectivity index (χ1n) is 10.3. The van der Waals surface area contributed by atoms with Crippen LogP contribution in [0, 0.1) is 0 Å². The Bertz CT molecular complexity index is 999. The van der Waals surface area contributed by atoms with E-state index in [1.165, 1.54) is 16.0 Å². The van der Waals surface area contributed by atoms with Crippen LogP contribution in [0.4, 0.5) is 0 Å². The third-order valence-electron chi connectivity index (χ3n) is 5.40. The summed E-state index contributed by atoms with van der Waals surface area (Å²) in [6, 6.07) is 23.8. The Balaban J connectivity index is 1.26. The molecule has 0 saturated carbocycles. The molecule has 1 fully saturated rings. The van der Waals surface area contributed by atoms with Gasteiger partial charge in [0.1, 0.15) is 0 Å². The molecule has 1 heterocycles. The van der Waals surface area contributed by atoms with E-state index in [2.05, 4.69) is 17.0 Å². The van der Waals surface area contributed by atoms with E-state index in [-0.39, 0.29) is 5.91 Å². The maximum atomic E-state index is 12.9. The molecular formula is C25H24Cl2N2OS. The van der Waals surface area contributed by atoms with E-state index in [9.17, 15) is 4.79 Å². The smallest absolute Gasteiger partial charge is 0.253 e. The Labute approximate surface area is 198 Å². The van der Waals surface area contributed by atoms with Gasteiger partial charge in [0.15, 0.2) is 0 Å². The molecule has 3 aromatic rings. The van der Waals surface area contributed by atoms with Crippen molar-refractivity contribution in [2.75, 3.05) is 26.2 Å². The number of rotatable bonds is 6. The monoisotopic (exact) mass is 470 g/mol. The van der Waals surface area contributed by atoms with Gasteiger partial charge >= 0.3 is 0 Å². The van der Waals surface area contributed by atoms with Gasteiger partial charge in [0.05, 0.1) is 0 Å². The average Bonchev–Trinajstić information content (AvgIpc) is 2.81. The molecule has 3 nitrogen and oxygen atoms in total. The van der Waals surface area contributed by atoms with Crippen LogP contribution in [0.3, 0.4) is 0 Å². The lowest BCUT2D eigenvalue weighted by Crippen LogP contribution is -2.48. The maximum absolute atomic E-state index is 12.9. The zero-order valence-electron chi connectivity index (χ0n) is 17.1. The lowest BCUT2D eigenvalue weighted by molar-refractivity contribution is 0.0628. The van der Waals surface area contributed by atoms with Crippen molar-refractivity contribution in [3.8, 4) is 0 Å². The normalized spacial score (nSPS) is 14.6. The fourth-order valence-corrected chi connectivity index (χ4v) is 4.69. The lowest BCUT2D eigenvalue weighted by atomic mass is 10.1. The first-order chi connectivity index (χ1) is 15.1. The highest BCUT2D eigenvalue weighted by Crippen LogP contribution is 2.24. The van der Waals surface area contributed by atoms with E-state index >= 15 is 0 Å². The van der Waals surface area contributed by atoms with Gasteiger partial charge in [-0.05, 0) is 59.7 Å². The van der Waals surface area contributed by atoms with Crippen LogP contribution in [-0.4, -0.2) is 41.9 Å². The highest BCUT2D eigenvalue weighted by atomic mass is 35.5. The molecule has 0 unspecified atom stereocenters. The number of benzene rings is 3. The van der Waals surface area contributed by atoms with E-state index < -0.39 is 0 Å². The summed E-state index contributed by atoms with van der Waals surface area (Å²) < 4.78 is 0. The summed E-state index contributed by atoms with van der Waals surface area (Å²) in [7, 11) is 0. The fraction of sp³-hybridized carbons (Fsp3) is 0.240. The van der Waals surface area contributed by atoms with E-state index in [1.54, 1.807) is 11.8 Å². The van der Waals surface area contributed by atoms with E-state index in [1.807, 2.05) is 65.6 Å². The second-order valence-corrected chi connectivity index (χ2v) is 9.56. The Hall–Kier alpha value is -1.98. The van der Waals surface area contributed by atoms with Gasteiger partial charge in [0, 0.05) is 59.0 Å². The summed E-state index contributed by atoms with van der Waals surface area (Å²) in [5.74, 6) is 0.975. The Kier molecular flexibility index (Phi) is 7.57. The number of nitrogens with zero attached hydrogens (tertiary/aromatic N) is 2. The van der Waals surface area contributed by atoms with Crippen LogP contribution in [-0.2, 0) is 12.3 Å². The molecule has 0 bridgehead atoms. The van der Waals surface area contributed by atoms with Crippen LogP contribution in [0.25, 0.3) is 0 Å². The SMILES string of the molecule is O=C(c1ccc(CSc2ccc(Cl)cc2)cc1)N1CCN(Cc2ccc(Cl)cc2)CC1. The van der Waals surface area contributed by atoms with Crippen LogP contribution < -0.4 is 0 Å². The van der Waals surface area contributed by atoms with Gasteiger partial charge in [-0.25, -0.2) is 0 Å². The number of carbonyl (C=O) groups is 1. The summed E-state index contributed by atoms with van der Waals surface area (Å²) in [5.41, 5.74) is 3.20. The predicted octanol–water partition coefficient (Wildman–Crippen LogP) is 6.24. The van der Waals surface area contributed by atoms with Gasteiger partial charge in [-0.1, -0.05) is 47.5 Å². The molecule has 1 aliphatic heterocycles. The molecule has 1 aliphatic rings. The molecule has 31 heavy (non-hydrogen) atoms. The first kappa shape index (κ1) is 22.2. The number of thioether (sulfide) groups is 1. The van der Waals surface area contributed by atoms with Gasteiger partial charge in [-0.15, -0.1) is 11.8 Å². The molecule has 4 rings (SSSR count). The van der Waals surface area contributed by atoms with E-state index in [0.717, 1.165) is 54.1 Å². The number of hydrogen-bond acceptors (Lipinski definition) is 3. The molecule has 0 radical (unpaired) electrons. The summed E-state index contributed by atoms with van der Waals surface area (Å²) in [5, 5.41) is 1.51. The molecule has 3 aromatic carbocycles. The van der Waals surface area contributed by atoms with E-state index in [4.69, 9.17) is 23.2 Å². The van der Waals surface area contributed by atoms with Crippen LogP contribution in [0.15, 0.2) is 77.7 Å². The van der Waals surface area contributed by atoms with Crippen molar-refractivity contribution in [3.63, 3.8) is 0 Å². The first-order valence-corrected chi connectivity index (χ1v) is 12.0. The summed E-state index contributed by atoms with van der Waals surface area (Å²) in [4.78, 5) is 18.4. The highest BCUT2D eigenvalue weighted by molar-refractivity contribution is 7.98. The maximum Gasteiger partial charge on any atom is 0.253 e. The second-order valence-electron chi connectivity index (χ2n) is 7.63. The minimum absolute atomic E-state index is 0.114. The number of halogens is 2. The van der Waals surface area contributed by atoms with Crippen LogP contribution in [0.5, 0.6) is 0 Å². The van der Waals surface area contributed by atoms with E-state index in [0.29, 0.717) is 0 Å². The molecule has 0 aromatic heterocycles. The molecule has 0 atom stereocenters. The Morgan fingerprint density at radius 3 is 1.90 bits per heavy atom. The number of hydrogen-bond donors (Lipinski definition) is 0. The van der Waals surface area contributed by atoms with Gasteiger partial charge in [-0.3, -0.25) is 9.69 Å². The molecule has 1 amide bonds. The van der Waals surface area contributed by atoms with Crippen molar-refractivity contribution in [3.05, 3.63) is 99.5 Å². The van der Waals surface area contributed by atoms with Crippen molar-refractivity contribution in [2.45, 2.75) is 17.2 Å². The summed E-state index contributed by atoms with van der Waals surface area (Å²) in [6.45, 7) is 4.15. The number of carbonyl (C=O) groups excluding carboxylic acids is 1. The number of piperazine rings is 1.